The molecular weight excluding hydrogens is 220 g/mol. The summed E-state index contributed by atoms with van der Waals surface area (Å²) in [4.78, 5) is 19.0. The molecule has 0 aliphatic carbocycles. The van der Waals surface area contributed by atoms with E-state index in [1.165, 1.54) is 18.2 Å². The van der Waals surface area contributed by atoms with Gasteiger partial charge in [0.25, 0.3) is 11.4 Å². The minimum atomic E-state index is -0.674. The predicted molar refractivity (Wildman–Crippen MR) is 39.8 cm³/mol. The molecule has 0 radical (unpaired) electrons. The van der Waals surface area contributed by atoms with Crippen LogP contribution < -0.4 is 0 Å². The molecule has 1 rings (SSSR count). The van der Waals surface area contributed by atoms with Crippen LogP contribution in [0.2, 0.25) is 0 Å². The van der Waals surface area contributed by atoms with Crippen molar-refractivity contribution in [3.8, 4) is 0 Å². The molecular formula is C6H4FeN2O4. The number of nitro groups is 2. The third-order valence-electron chi connectivity index (χ3n) is 1.25. The molecule has 0 N–H and O–H groups in total. The minimum Gasteiger partial charge on any atom is -0.258 e. The van der Waals surface area contributed by atoms with Gasteiger partial charge in [0.2, 0.25) is 0 Å². The van der Waals surface area contributed by atoms with Crippen molar-refractivity contribution in [2.45, 2.75) is 0 Å². The van der Waals surface area contributed by atoms with Crippen molar-refractivity contribution >= 4 is 11.4 Å². The molecule has 13 heavy (non-hydrogen) atoms. The second-order valence-corrected chi connectivity index (χ2v) is 2.03. The Morgan fingerprint density at radius 1 is 1.00 bits per heavy atom. The van der Waals surface area contributed by atoms with E-state index in [1.807, 2.05) is 0 Å². The van der Waals surface area contributed by atoms with Crippen molar-refractivity contribution in [3.63, 3.8) is 0 Å². The summed E-state index contributed by atoms with van der Waals surface area (Å²) in [5, 5.41) is 20.3. The Labute approximate surface area is 83.3 Å². The maximum Gasteiger partial charge on any atom is 0.276 e. The summed E-state index contributed by atoms with van der Waals surface area (Å²) in [5.41, 5.74) is -0.548. The molecule has 0 spiro atoms. The summed E-state index contributed by atoms with van der Waals surface area (Å²) in [6.45, 7) is 0. The van der Waals surface area contributed by atoms with E-state index in [-0.39, 0.29) is 28.4 Å². The van der Waals surface area contributed by atoms with Gasteiger partial charge in [-0.05, 0) is 6.07 Å². The van der Waals surface area contributed by atoms with Crippen LogP contribution in [0.3, 0.4) is 0 Å². The van der Waals surface area contributed by atoms with E-state index in [0.29, 0.717) is 0 Å². The summed E-state index contributed by atoms with van der Waals surface area (Å²) >= 11 is 0. The summed E-state index contributed by atoms with van der Waals surface area (Å²) in [6, 6.07) is 4.59. The van der Waals surface area contributed by atoms with Crippen LogP contribution in [-0.4, -0.2) is 9.85 Å². The molecule has 7 heteroatoms. The van der Waals surface area contributed by atoms with Crippen LogP contribution in [0, 0.1) is 20.2 Å². The van der Waals surface area contributed by atoms with Gasteiger partial charge >= 0.3 is 0 Å². The Bertz CT molecular complexity index is 312. The number of benzene rings is 1. The molecule has 6 nitrogen and oxygen atoms in total. The Morgan fingerprint density at radius 3 is 1.69 bits per heavy atom. The van der Waals surface area contributed by atoms with E-state index < -0.39 is 9.85 Å². The van der Waals surface area contributed by atoms with Gasteiger partial charge in [0.15, 0.2) is 0 Å². The van der Waals surface area contributed by atoms with Crippen LogP contribution in [-0.2, 0) is 17.1 Å². The number of rotatable bonds is 2. The molecule has 70 valence electrons. The number of nitro benzene ring substituents is 2. The Balaban J connectivity index is 0.00000144. The standard InChI is InChI=1S/C6H4N2O4.Fe/c9-7(10)5-2-1-3-6(4-5)8(11)12;/h1-4H;. The fraction of sp³-hybridized carbons (Fsp3) is 0. The third kappa shape index (κ3) is 2.81. The molecule has 0 heterocycles. The molecule has 0 saturated heterocycles. The Kier molecular flexibility index (Phi) is 4.03. The Hall–Kier alpha value is -1.46. The van der Waals surface area contributed by atoms with Crippen molar-refractivity contribution in [2.24, 2.45) is 0 Å². The topological polar surface area (TPSA) is 86.3 Å². The van der Waals surface area contributed by atoms with Crippen molar-refractivity contribution in [3.05, 3.63) is 44.5 Å². The van der Waals surface area contributed by atoms with E-state index in [9.17, 15) is 20.2 Å². The van der Waals surface area contributed by atoms with Gasteiger partial charge in [-0.15, -0.1) is 0 Å². The van der Waals surface area contributed by atoms with Crippen LogP contribution in [0.1, 0.15) is 0 Å². The van der Waals surface area contributed by atoms with Gasteiger partial charge in [0.1, 0.15) is 0 Å². The molecule has 0 saturated carbocycles. The molecule has 0 aromatic heterocycles. The molecule has 0 fully saturated rings. The SMILES string of the molecule is O=[N+]([O-])c1cccc([N+](=O)[O-])c1.[Fe]. The largest absolute Gasteiger partial charge is 0.276 e. The van der Waals surface area contributed by atoms with E-state index in [1.54, 1.807) is 0 Å². The van der Waals surface area contributed by atoms with Crippen LogP contribution in [0.15, 0.2) is 24.3 Å². The van der Waals surface area contributed by atoms with Gasteiger partial charge in [-0.3, -0.25) is 20.2 Å². The fourth-order valence-corrected chi connectivity index (χ4v) is 0.720. The van der Waals surface area contributed by atoms with Crippen molar-refractivity contribution in [1.82, 2.24) is 0 Å². The monoisotopic (exact) mass is 224 g/mol. The third-order valence-corrected chi connectivity index (χ3v) is 1.25. The Morgan fingerprint density at radius 2 is 1.38 bits per heavy atom. The zero-order valence-electron chi connectivity index (χ0n) is 6.19. The summed E-state index contributed by atoms with van der Waals surface area (Å²) in [5.74, 6) is 0. The molecule has 0 aliphatic rings. The van der Waals surface area contributed by atoms with Gasteiger partial charge < -0.3 is 0 Å². The van der Waals surface area contributed by atoms with Crippen LogP contribution >= 0.6 is 0 Å². The molecule has 1 aromatic carbocycles. The first kappa shape index (κ1) is 11.5. The van der Waals surface area contributed by atoms with Crippen LogP contribution in [0.25, 0.3) is 0 Å². The molecule has 0 amide bonds. The molecule has 0 aliphatic heterocycles. The van der Waals surface area contributed by atoms with Crippen molar-refractivity contribution in [2.75, 3.05) is 0 Å². The maximum absolute atomic E-state index is 10.2. The van der Waals surface area contributed by atoms with Gasteiger partial charge in [0.05, 0.1) is 15.9 Å². The molecule has 1 aromatic rings. The number of non-ortho nitro benzene ring substituents is 2. The first-order valence-corrected chi connectivity index (χ1v) is 3.00. The van der Waals surface area contributed by atoms with Gasteiger partial charge in [-0.25, -0.2) is 0 Å². The first-order chi connectivity index (χ1) is 5.61. The zero-order chi connectivity index (χ0) is 9.14. The normalized spacial score (nSPS) is 8.62. The number of nitrogens with zero attached hydrogens (tertiary/aromatic N) is 2. The summed E-state index contributed by atoms with van der Waals surface area (Å²) < 4.78 is 0. The summed E-state index contributed by atoms with van der Waals surface area (Å²) in [6.07, 6.45) is 0. The second kappa shape index (κ2) is 4.54. The quantitative estimate of drug-likeness (QED) is 0.432. The predicted octanol–water partition coefficient (Wildman–Crippen LogP) is 1.50. The van der Waals surface area contributed by atoms with E-state index in [0.717, 1.165) is 6.07 Å². The van der Waals surface area contributed by atoms with Gasteiger partial charge in [-0.1, -0.05) is 0 Å². The van der Waals surface area contributed by atoms with Crippen molar-refractivity contribution in [1.29, 1.82) is 0 Å². The van der Waals surface area contributed by atoms with Crippen molar-refractivity contribution < 1.29 is 26.9 Å². The van der Waals surface area contributed by atoms with Gasteiger partial charge in [0, 0.05) is 29.2 Å². The van der Waals surface area contributed by atoms with Gasteiger partial charge in [-0.2, -0.15) is 0 Å². The number of hydrogen-bond acceptors (Lipinski definition) is 4. The number of hydrogen-bond donors (Lipinski definition) is 0. The average molecular weight is 224 g/mol. The minimum absolute atomic E-state index is 0. The zero-order valence-corrected chi connectivity index (χ0v) is 7.29. The fourth-order valence-electron chi connectivity index (χ4n) is 0.720. The first-order valence-electron chi connectivity index (χ1n) is 3.00. The van der Waals surface area contributed by atoms with E-state index >= 15 is 0 Å². The summed E-state index contributed by atoms with van der Waals surface area (Å²) in [7, 11) is 0. The maximum atomic E-state index is 10.2. The smallest absolute Gasteiger partial charge is 0.258 e. The molecule has 0 unspecified atom stereocenters. The molecule has 0 bridgehead atoms. The van der Waals surface area contributed by atoms with E-state index in [2.05, 4.69) is 0 Å². The average Bonchev–Trinajstić information content (AvgIpc) is 2.04. The van der Waals surface area contributed by atoms with E-state index in [4.69, 9.17) is 0 Å². The second-order valence-electron chi connectivity index (χ2n) is 2.03. The van der Waals surface area contributed by atoms with Crippen LogP contribution in [0.4, 0.5) is 11.4 Å². The molecule has 0 atom stereocenters. The van der Waals surface area contributed by atoms with Crippen LogP contribution in [0.5, 0.6) is 0 Å².